The lowest BCUT2D eigenvalue weighted by molar-refractivity contribution is -0.147. The molecule has 1 aromatic carbocycles. The van der Waals surface area contributed by atoms with Gasteiger partial charge in [-0.2, -0.15) is 14.4 Å². The van der Waals surface area contributed by atoms with Crippen LogP contribution in [0.4, 0.5) is 10.2 Å². The Kier molecular flexibility index (Phi) is 21.3. The van der Waals surface area contributed by atoms with E-state index >= 15 is 0 Å². The molecule has 330 valence electrons. The summed E-state index contributed by atoms with van der Waals surface area (Å²) in [7, 11) is -2.93. The van der Waals surface area contributed by atoms with Gasteiger partial charge in [0.25, 0.3) is 0 Å². The van der Waals surface area contributed by atoms with Gasteiger partial charge in [-0.05, 0) is 18.4 Å². The highest BCUT2D eigenvalue weighted by Crippen LogP contribution is 2.40. The smallest absolute Gasteiger partial charge is 0.464 e. The molecule has 1 saturated heterocycles. The lowest BCUT2D eigenvalue weighted by Gasteiger charge is -2.25. The van der Waals surface area contributed by atoms with Gasteiger partial charge in [0.05, 0.1) is 25.5 Å². The number of aliphatic hydroxyl groups excluding tert-OH is 1. The van der Waals surface area contributed by atoms with Gasteiger partial charge < -0.3 is 30.8 Å². The topological polar surface area (TPSA) is 213 Å². The number of carbonyl (C=O) groups excluding carboxylic acids is 2. The third-order valence-corrected chi connectivity index (χ3v) is 11.1. The van der Waals surface area contributed by atoms with E-state index in [2.05, 4.69) is 40.6 Å². The van der Waals surface area contributed by atoms with E-state index < -0.39 is 69.4 Å². The van der Waals surface area contributed by atoms with Crippen LogP contribution in [0.5, 0.6) is 0 Å². The summed E-state index contributed by atoms with van der Waals surface area (Å²) >= 11 is 0. The van der Waals surface area contributed by atoms with Crippen molar-refractivity contribution in [3.05, 3.63) is 48.3 Å². The summed E-state index contributed by atoms with van der Waals surface area (Å²) in [5.41, 5.74) is 11.2. The zero-order chi connectivity index (χ0) is 43.2. The number of ether oxygens (including phenoxy) is 3. The zero-order valence-corrected chi connectivity index (χ0v) is 36.0. The molecule has 60 heavy (non-hydrogen) atoms. The first-order valence-corrected chi connectivity index (χ1v) is 22.6. The molecule has 0 spiro atoms. The summed E-state index contributed by atoms with van der Waals surface area (Å²) < 4.78 is 56.5. The Labute approximate surface area is 353 Å². The Bertz CT molecular complexity index is 1840. The van der Waals surface area contributed by atoms with Crippen LogP contribution in [0.2, 0.25) is 0 Å². The van der Waals surface area contributed by atoms with Gasteiger partial charge in [-0.1, -0.05) is 146 Å². The van der Waals surface area contributed by atoms with Gasteiger partial charge in [-0.25, -0.2) is 9.78 Å². The highest BCUT2D eigenvalue weighted by atomic mass is 31.1. The van der Waals surface area contributed by atoms with Crippen molar-refractivity contribution in [2.75, 3.05) is 32.2 Å². The molecule has 1 fully saturated rings. The number of halogens is 1. The number of carbonyl (C=O) groups is 2. The van der Waals surface area contributed by atoms with Crippen molar-refractivity contribution in [1.82, 2.24) is 19.5 Å². The number of aromatic nitrogens is 4. The monoisotopic (exact) mass is 857 g/mol. The number of hydrogen-bond acceptors (Lipinski definition) is 14. The van der Waals surface area contributed by atoms with Gasteiger partial charge in [0.1, 0.15) is 25.0 Å². The molecular formula is C43H63FN6O9P+. The molecule has 4 rings (SSSR count). The van der Waals surface area contributed by atoms with E-state index in [4.69, 9.17) is 34.7 Å². The Morgan fingerprint density at radius 2 is 1.53 bits per heavy atom. The van der Waals surface area contributed by atoms with E-state index in [0.29, 0.717) is 18.4 Å². The summed E-state index contributed by atoms with van der Waals surface area (Å²) in [6, 6.07) is 7.66. The molecule has 0 saturated carbocycles. The number of aliphatic hydroxyl groups is 1. The van der Waals surface area contributed by atoms with Gasteiger partial charge in [0.2, 0.25) is 6.61 Å². The number of unbranched alkanes of at least 4 members (excludes halogenated alkanes) is 14. The number of anilines is 1. The molecule has 1 aliphatic rings. The van der Waals surface area contributed by atoms with Crippen LogP contribution in [-0.2, 0) is 37.4 Å². The third-order valence-electron chi connectivity index (χ3n) is 10.4. The number of imidazole rings is 1. The second-order valence-electron chi connectivity index (χ2n) is 15.2. The maximum atomic E-state index is 14.3. The number of esters is 2. The first kappa shape index (κ1) is 48.6. The predicted molar refractivity (Wildman–Crippen MR) is 225 cm³/mol. The molecule has 0 amide bonds. The number of nitrogen functional groups attached to an aromatic ring is 1. The van der Waals surface area contributed by atoms with Crippen molar-refractivity contribution >= 4 is 37.2 Å². The van der Waals surface area contributed by atoms with E-state index in [-0.39, 0.29) is 36.6 Å². The van der Waals surface area contributed by atoms with Crippen LogP contribution in [-0.4, -0.2) is 80.7 Å². The summed E-state index contributed by atoms with van der Waals surface area (Å²) in [5, 5.41) is 11.6. The lowest BCUT2D eigenvalue weighted by atomic mass is 9.90. The Balaban J connectivity index is 1.45. The van der Waals surface area contributed by atoms with Crippen molar-refractivity contribution in [3.8, 4) is 11.8 Å². The minimum absolute atomic E-state index is 0.00481. The van der Waals surface area contributed by atoms with Crippen molar-refractivity contribution in [2.45, 2.75) is 153 Å². The number of hydrogen-bond donors (Lipinski definition) is 3. The first-order chi connectivity index (χ1) is 29.1. The average Bonchev–Trinajstić information content (AvgIpc) is 3.81. The number of nitrogens with two attached hydrogens (primary N) is 2. The van der Waals surface area contributed by atoms with Gasteiger partial charge >= 0.3 is 26.3 Å². The van der Waals surface area contributed by atoms with Crippen LogP contribution in [0, 0.1) is 17.9 Å². The van der Waals surface area contributed by atoms with E-state index in [0.717, 1.165) is 38.5 Å². The minimum Gasteiger partial charge on any atom is -0.464 e. The van der Waals surface area contributed by atoms with Crippen molar-refractivity contribution in [1.29, 1.82) is 0 Å². The first-order valence-electron chi connectivity index (χ1n) is 21.5. The normalized spacial score (nSPS) is 18.8. The number of nitrogens with zero attached hydrogens (tertiary/aromatic N) is 4. The van der Waals surface area contributed by atoms with Crippen LogP contribution < -0.4 is 11.5 Å². The molecule has 1 aliphatic heterocycles. The van der Waals surface area contributed by atoms with E-state index in [9.17, 15) is 23.7 Å². The lowest BCUT2D eigenvalue weighted by Crippen LogP contribution is -2.43. The van der Waals surface area contributed by atoms with Crippen molar-refractivity contribution in [3.63, 3.8) is 0 Å². The molecule has 0 aliphatic carbocycles. The quantitative estimate of drug-likeness (QED) is 0.0210. The molecule has 2 aromatic heterocycles. The fourth-order valence-electron chi connectivity index (χ4n) is 6.96. The third kappa shape index (κ3) is 15.4. The molecule has 0 radical (unpaired) electrons. The molecule has 0 bridgehead atoms. The van der Waals surface area contributed by atoms with Crippen LogP contribution >= 0.6 is 8.25 Å². The number of rotatable bonds is 28. The van der Waals surface area contributed by atoms with Gasteiger partial charge in [0, 0.05) is 11.0 Å². The summed E-state index contributed by atoms with van der Waals surface area (Å²) in [4.78, 5) is 37.2. The standard InChI is InChI=1S/C43H63FN6O9P/c1-3-5-7-9-11-13-15-20-26-55-36(52)29-57-60(54)58-30-43(34(51)28-35(59-43)50-31-47-38-39(46)48-42(44)49-40(38)50)25-24-33(32-22-18-17-19-23-32)37(45)41(53)56-27-21-16-14-12-10-8-6-4-2/h17-19,22-23,31,33-35,37,51H,3-16,20-21,26-30,45H2,1-2H3,(H2,46,48,49)/q+1/t33?,34-,35+,37-,43+/m0/s1. The number of fused-ring (bicyclic) bond motifs is 1. The fourth-order valence-corrected chi connectivity index (χ4v) is 7.54. The molecule has 2 unspecified atom stereocenters. The summed E-state index contributed by atoms with van der Waals surface area (Å²) in [6.07, 6.45) is 15.1. The molecular weight excluding hydrogens is 794 g/mol. The van der Waals surface area contributed by atoms with Crippen molar-refractivity contribution < 1.29 is 46.9 Å². The fraction of sp³-hybridized carbons (Fsp3) is 0.651. The van der Waals surface area contributed by atoms with Crippen LogP contribution in [0.25, 0.3) is 11.2 Å². The van der Waals surface area contributed by atoms with Crippen LogP contribution in [0.3, 0.4) is 0 Å². The van der Waals surface area contributed by atoms with E-state index in [1.807, 2.05) is 0 Å². The maximum absolute atomic E-state index is 14.3. The maximum Gasteiger partial charge on any atom is 0.698 e. The second-order valence-corrected chi connectivity index (χ2v) is 16.2. The summed E-state index contributed by atoms with van der Waals surface area (Å²) in [5.74, 6) is 3.51. The zero-order valence-electron chi connectivity index (χ0n) is 35.1. The largest absolute Gasteiger partial charge is 0.698 e. The SMILES string of the molecule is CCCCCCCCCCOC(=O)CO[P+](=O)OC[C@@]1(C#CC(c2ccccc2)[C@H](N)C(=O)OCCCCCCCCCC)O[C@@H](n2cnc3c(N)nc(F)nc32)C[C@@H]1O. The van der Waals surface area contributed by atoms with E-state index in [1.54, 1.807) is 30.3 Å². The molecule has 17 heteroatoms. The van der Waals surface area contributed by atoms with E-state index in [1.165, 1.54) is 62.3 Å². The minimum atomic E-state index is -2.93. The molecule has 3 heterocycles. The average molecular weight is 858 g/mol. The Hall–Kier alpha value is -4.10. The van der Waals surface area contributed by atoms with Gasteiger partial charge in [-0.15, -0.1) is 9.05 Å². The molecule has 6 atom stereocenters. The highest BCUT2D eigenvalue weighted by molar-refractivity contribution is 7.33. The van der Waals surface area contributed by atoms with Crippen molar-refractivity contribution in [2.24, 2.45) is 5.73 Å². The molecule has 3 aromatic rings. The van der Waals surface area contributed by atoms with Gasteiger partial charge in [0.15, 0.2) is 22.6 Å². The number of benzene rings is 1. The summed E-state index contributed by atoms with van der Waals surface area (Å²) in [6.45, 7) is 3.56. The van der Waals surface area contributed by atoms with Gasteiger partial charge in [-0.3, -0.25) is 9.36 Å². The molecule has 5 N–H and O–H groups in total. The van der Waals surface area contributed by atoms with Crippen LogP contribution in [0.15, 0.2) is 36.7 Å². The van der Waals surface area contributed by atoms with Crippen LogP contribution in [0.1, 0.15) is 141 Å². The second kappa shape index (κ2) is 26.3. The Morgan fingerprint density at radius 3 is 2.17 bits per heavy atom. The molecule has 15 nitrogen and oxygen atoms in total. The predicted octanol–water partition coefficient (Wildman–Crippen LogP) is 7.74. The Morgan fingerprint density at radius 1 is 0.933 bits per heavy atom. The highest BCUT2D eigenvalue weighted by Gasteiger charge is 2.51.